The van der Waals surface area contributed by atoms with Crippen molar-refractivity contribution in [2.75, 3.05) is 7.11 Å². The molecule has 2 rings (SSSR count). The van der Waals surface area contributed by atoms with Gasteiger partial charge in [-0.05, 0) is 28.1 Å². The van der Waals surface area contributed by atoms with Crippen molar-refractivity contribution < 1.29 is 9.26 Å². The van der Waals surface area contributed by atoms with Gasteiger partial charge >= 0.3 is 0 Å². The third-order valence-corrected chi connectivity index (χ3v) is 3.13. The maximum atomic E-state index is 5.85. The van der Waals surface area contributed by atoms with E-state index in [2.05, 4.69) is 21.1 Å². The summed E-state index contributed by atoms with van der Waals surface area (Å²) >= 11 is 9.12. The lowest BCUT2D eigenvalue weighted by Crippen LogP contribution is -1.89. The van der Waals surface area contributed by atoms with Gasteiger partial charge in [0.1, 0.15) is 11.4 Å². The molecule has 0 aliphatic heterocycles. The zero-order chi connectivity index (χ0) is 11.5. The first kappa shape index (κ1) is 11.5. The van der Waals surface area contributed by atoms with Crippen molar-refractivity contribution in [2.45, 2.75) is 5.88 Å². The first-order valence-electron chi connectivity index (χ1n) is 4.61. The summed E-state index contributed by atoms with van der Waals surface area (Å²) in [6.45, 7) is 0. The van der Waals surface area contributed by atoms with Crippen LogP contribution in [-0.4, -0.2) is 12.3 Å². The Kier molecular flexibility index (Phi) is 3.51. The van der Waals surface area contributed by atoms with E-state index in [1.54, 1.807) is 7.11 Å². The van der Waals surface area contributed by atoms with Crippen molar-refractivity contribution in [2.24, 2.45) is 0 Å². The number of para-hydroxylation sites is 1. The molecule has 0 atom stereocenters. The molecule has 0 amide bonds. The van der Waals surface area contributed by atoms with Gasteiger partial charge in [0.25, 0.3) is 0 Å². The Balaban J connectivity index is 2.58. The van der Waals surface area contributed by atoms with Gasteiger partial charge in [-0.15, -0.1) is 11.6 Å². The number of methoxy groups -OCH3 is 1. The van der Waals surface area contributed by atoms with Gasteiger partial charge in [0.2, 0.25) is 4.67 Å². The van der Waals surface area contributed by atoms with Gasteiger partial charge in [-0.1, -0.05) is 17.3 Å². The molecule has 1 heterocycles. The fourth-order valence-corrected chi connectivity index (χ4v) is 2.27. The Morgan fingerprint density at radius 2 is 2.19 bits per heavy atom. The summed E-state index contributed by atoms with van der Waals surface area (Å²) < 4.78 is 10.9. The van der Waals surface area contributed by atoms with Crippen molar-refractivity contribution in [3.63, 3.8) is 0 Å². The molecule has 84 valence electrons. The van der Waals surface area contributed by atoms with Gasteiger partial charge in [0.15, 0.2) is 0 Å². The highest BCUT2D eigenvalue weighted by atomic mass is 79.9. The van der Waals surface area contributed by atoms with Gasteiger partial charge in [0, 0.05) is 11.1 Å². The van der Waals surface area contributed by atoms with Crippen molar-refractivity contribution in [1.29, 1.82) is 0 Å². The summed E-state index contributed by atoms with van der Waals surface area (Å²) in [6.07, 6.45) is 0. The second kappa shape index (κ2) is 4.89. The van der Waals surface area contributed by atoms with E-state index in [9.17, 15) is 0 Å². The third kappa shape index (κ3) is 1.95. The van der Waals surface area contributed by atoms with Crippen molar-refractivity contribution in [3.05, 3.63) is 34.5 Å². The van der Waals surface area contributed by atoms with E-state index in [1.807, 2.05) is 24.3 Å². The molecule has 0 aliphatic carbocycles. The van der Waals surface area contributed by atoms with E-state index in [4.69, 9.17) is 20.9 Å². The monoisotopic (exact) mass is 301 g/mol. The molecule has 0 bridgehead atoms. The van der Waals surface area contributed by atoms with Gasteiger partial charge in [-0.3, -0.25) is 0 Å². The molecular formula is C11H9BrClNO2. The molecule has 2 aromatic rings. The fraction of sp³-hybridized carbons (Fsp3) is 0.182. The van der Waals surface area contributed by atoms with E-state index in [0.717, 1.165) is 16.9 Å². The molecule has 1 aromatic carbocycles. The number of ether oxygens (including phenoxy) is 1. The maximum absolute atomic E-state index is 5.85. The Bertz CT molecular complexity index is 498. The van der Waals surface area contributed by atoms with Crippen molar-refractivity contribution in [3.8, 4) is 17.0 Å². The van der Waals surface area contributed by atoms with Crippen LogP contribution < -0.4 is 4.74 Å². The van der Waals surface area contributed by atoms with Crippen LogP contribution in [0.2, 0.25) is 0 Å². The summed E-state index contributed by atoms with van der Waals surface area (Å²) in [5.41, 5.74) is 2.40. The lowest BCUT2D eigenvalue weighted by molar-refractivity contribution is 0.398. The van der Waals surface area contributed by atoms with E-state index >= 15 is 0 Å². The zero-order valence-electron chi connectivity index (χ0n) is 8.54. The second-order valence-electron chi connectivity index (χ2n) is 3.12. The molecule has 0 radical (unpaired) electrons. The Hall–Kier alpha value is -1.00. The minimum Gasteiger partial charge on any atom is -0.496 e. The number of hydrogen-bond acceptors (Lipinski definition) is 3. The van der Waals surface area contributed by atoms with E-state index in [-0.39, 0.29) is 0 Å². The average molecular weight is 303 g/mol. The SMILES string of the molecule is COc1ccccc1-c1noc(Br)c1CCl. The quantitative estimate of drug-likeness (QED) is 0.808. The molecule has 3 nitrogen and oxygen atoms in total. The Morgan fingerprint density at radius 3 is 2.88 bits per heavy atom. The van der Waals surface area contributed by atoms with Gasteiger partial charge in [-0.2, -0.15) is 0 Å². The summed E-state index contributed by atoms with van der Waals surface area (Å²) in [7, 11) is 1.62. The third-order valence-electron chi connectivity index (χ3n) is 2.24. The molecule has 0 N–H and O–H groups in total. The van der Waals surface area contributed by atoms with Crippen LogP contribution in [0, 0.1) is 0 Å². The Morgan fingerprint density at radius 1 is 1.44 bits per heavy atom. The Labute approximate surface area is 106 Å². The number of alkyl halides is 1. The molecule has 0 spiro atoms. The molecule has 0 saturated heterocycles. The van der Waals surface area contributed by atoms with Crippen molar-refractivity contribution in [1.82, 2.24) is 5.16 Å². The maximum Gasteiger partial charge on any atom is 0.206 e. The van der Waals surface area contributed by atoms with Gasteiger partial charge in [-0.25, -0.2) is 0 Å². The summed E-state index contributed by atoms with van der Waals surface area (Å²) in [4.78, 5) is 0. The van der Waals surface area contributed by atoms with E-state index in [0.29, 0.717) is 16.2 Å². The highest BCUT2D eigenvalue weighted by Gasteiger charge is 2.17. The number of benzene rings is 1. The van der Waals surface area contributed by atoms with Crippen LogP contribution >= 0.6 is 27.5 Å². The largest absolute Gasteiger partial charge is 0.496 e. The average Bonchev–Trinajstić information content (AvgIpc) is 2.70. The number of nitrogens with zero attached hydrogens (tertiary/aromatic N) is 1. The van der Waals surface area contributed by atoms with Crippen LogP contribution in [0.15, 0.2) is 33.5 Å². The van der Waals surface area contributed by atoms with Gasteiger partial charge < -0.3 is 9.26 Å². The van der Waals surface area contributed by atoms with E-state index < -0.39 is 0 Å². The van der Waals surface area contributed by atoms with Crippen LogP contribution in [0.4, 0.5) is 0 Å². The first-order chi connectivity index (χ1) is 7.77. The molecule has 0 aliphatic rings. The highest BCUT2D eigenvalue weighted by molar-refractivity contribution is 9.10. The van der Waals surface area contributed by atoms with Crippen LogP contribution in [0.1, 0.15) is 5.56 Å². The lowest BCUT2D eigenvalue weighted by atomic mass is 10.1. The topological polar surface area (TPSA) is 35.3 Å². The summed E-state index contributed by atoms with van der Waals surface area (Å²) in [6, 6.07) is 7.60. The number of hydrogen-bond donors (Lipinski definition) is 0. The van der Waals surface area contributed by atoms with Crippen LogP contribution in [0.5, 0.6) is 5.75 Å². The summed E-state index contributed by atoms with van der Waals surface area (Å²) in [5.74, 6) is 1.08. The molecule has 5 heteroatoms. The predicted molar refractivity (Wildman–Crippen MR) is 65.7 cm³/mol. The predicted octanol–water partition coefficient (Wildman–Crippen LogP) is 3.85. The molecule has 0 fully saturated rings. The molecule has 0 unspecified atom stereocenters. The van der Waals surface area contributed by atoms with Crippen LogP contribution in [0.25, 0.3) is 11.3 Å². The molecule has 0 saturated carbocycles. The highest BCUT2D eigenvalue weighted by Crippen LogP contribution is 2.35. The smallest absolute Gasteiger partial charge is 0.206 e. The summed E-state index contributed by atoms with van der Waals surface area (Å²) in [5, 5.41) is 3.98. The molecule has 1 aromatic heterocycles. The normalized spacial score (nSPS) is 10.4. The molecular weight excluding hydrogens is 293 g/mol. The number of aromatic nitrogens is 1. The molecule has 16 heavy (non-hydrogen) atoms. The van der Waals surface area contributed by atoms with E-state index in [1.165, 1.54) is 0 Å². The standard InChI is InChI=1S/C11H9BrClNO2/c1-15-9-5-3-2-4-7(9)10-8(6-13)11(12)16-14-10/h2-5H,6H2,1H3. The minimum absolute atomic E-state index is 0.331. The first-order valence-corrected chi connectivity index (χ1v) is 5.94. The number of halogens is 2. The minimum atomic E-state index is 0.331. The van der Waals surface area contributed by atoms with Crippen LogP contribution in [0.3, 0.4) is 0 Å². The van der Waals surface area contributed by atoms with Crippen molar-refractivity contribution >= 4 is 27.5 Å². The van der Waals surface area contributed by atoms with Gasteiger partial charge in [0.05, 0.1) is 13.0 Å². The lowest BCUT2D eigenvalue weighted by Gasteiger charge is -2.05. The fourth-order valence-electron chi connectivity index (χ4n) is 1.46. The van der Waals surface area contributed by atoms with Crippen LogP contribution in [-0.2, 0) is 5.88 Å². The second-order valence-corrected chi connectivity index (χ2v) is 4.10. The number of rotatable bonds is 3. The zero-order valence-corrected chi connectivity index (χ0v) is 10.9.